The van der Waals surface area contributed by atoms with E-state index in [1.54, 1.807) is 0 Å². The van der Waals surface area contributed by atoms with E-state index < -0.39 is 0 Å². The van der Waals surface area contributed by atoms with Crippen molar-refractivity contribution in [2.75, 3.05) is 6.61 Å². The van der Waals surface area contributed by atoms with Gasteiger partial charge in [0.15, 0.2) is 4.96 Å². The Kier molecular flexibility index (Phi) is 5.50. The van der Waals surface area contributed by atoms with E-state index >= 15 is 0 Å². The first-order valence-corrected chi connectivity index (χ1v) is 10.1. The lowest BCUT2D eigenvalue weighted by molar-refractivity contribution is -0.121. The number of imidazole rings is 1. The quantitative estimate of drug-likeness (QED) is 0.508. The first-order chi connectivity index (χ1) is 13.7. The molecule has 2 aromatic heterocycles. The first-order valence-electron chi connectivity index (χ1n) is 9.18. The maximum Gasteiger partial charge on any atom is 0.226 e. The molecule has 2 N–H and O–H groups in total. The van der Waals surface area contributed by atoms with Crippen molar-refractivity contribution in [3.63, 3.8) is 0 Å². The number of fused-ring (bicyclic) bond motifs is 1. The van der Waals surface area contributed by atoms with Crippen LogP contribution in [-0.2, 0) is 17.6 Å². The first kappa shape index (κ1) is 18.4. The molecule has 0 aliphatic rings. The lowest BCUT2D eigenvalue weighted by Crippen LogP contribution is -2.40. The smallest absolute Gasteiger partial charge is 0.226 e. The second-order valence-corrected chi connectivity index (χ2v) is 7.52. The Bertz CT molecular complexity index is 1060. The fraction of sp³-hybridized carbons (Fsp3) is 0.182. The molecule has 1 atom stereocenters. The van der Waals surface area contributed by atoms with E-state index in [0.29, 0.717) is 6.42 Å². The Hall–Kier alpha value is -2.96. The van der Waals surface area contributed by atoms with Gasteiger partial charge in [-0.3, -0.25) is 9.20 Å². The number of benzene rings is 2. The molecule has 0 aliphatic heterocycles. The predicted octanol–water partition coefficient (Wildman–Crippen LogP) is 3.33. The van der Waals surface area contributed by atoms with Gasteiger partial charge in [-0.15, -0.1) is 11.3 Å². The molecule has 0 fully saturated rings. The minimum absolute atomic E-state index is 0.0943. The number of hydrogen-bond donors (Lipinski definition) is 2. The number of thiazole rings is 1. The number of amides is 1. The lowest BCUT2D eigenvalue weighted by Gasteiger charge is -2.16. The van der Waals surface area contributed by atoms with Crippen molar-refractivity contribution in [3.05, 3.63) is 83.5 Å². The number of nitrogens with one attached hydrogen (secondary N) is 1. The van der Waals surface area contributed by atoms with Gasteiger partial charge in [0, 0.05) is 22.8 Å². The molecule has 0 bridgehead atoms. The van der Waals surface area contributed by atoms with E-state index in [2.05, 4.69) is 10.3 Å². The van der Waals surface area contributed by atoms with E-state index in [9.17, 15) is 9.90 Å². The monoisotopic (exact) mass is 391 g/mol. The number of carbonyl (C=O) groups excluding carboxylic acids is 1. The Morgan fingerprint density at radius 1 is 1.11 bits per heavy atom. The van der Waals surface area contributed by atoms with E-state index in [-0.39, 0.29) is 25.0 Å². The minimum Gasteiger partial charge on any atom is -0.394 e. The number of nitrogens with zero attached hydrogens (tertiary/aromatic N) is 2. The molecular formula is C22H21N3O2S. The van der Waals surface area contributed by atoms with Crippen molar-refractivity contribution in [1.29, 1.82) is 0 Å². The molecule has 0 saturated carbocycles. The fourth-order valence-corrected chi connectivity index (χ4v) is 4.08. The summed E-state index contributed by atoms with van der Waals surface area (Å²) in [4.78, 5) is 18.1. The van der Waals surface area contributed by atoms with Crippen LogP contribution < -0.4 is 5.32 Å². The van der Waals surface area contributed by atoms with Crippen LogP contribution in [0.2, 0.25) is 0 Å². The highest BCUT2D eigenvalue weighted by Gasteiger charge is 2.16. The molecule has 1 amide bonds. The number of carbonyl (C=O) groups is 1. The van der Waals surface area contributed by atoms with Crippen LogP contribution in [0.1, 0.15) is 11.3 Å². The zero-order valence-electron chi connectivity index (χ0n) is 15.3. The summed E-state index contributed by atoms with van der Waals surface area (Å²) in [5, 5.41) is 14.5. The van der Waals surface area contributed by atoms with Crippen molar-refractivity contribution in [2.24, 2.45) is 0 Å². The summed E-state index contributed by atoms with van der Waals surface area (Å²) < 4.78 is 1.97. The molecule has 142 valence electrons. The van der Waals surface area contributed by atoms with Crippen LogP contribution in [0.5, 0.6) is 0 Å². The zero-order chi connectivity index (χ0) is 19.3. The van der Waals surface area contributed by atoms with Crippen LogP contribution in [0, 0.1) is 0 Å². The topological polar surface area (TPSA) is 66.6 Å². The van der Waals surface area contributed by atoms with Crippen LogP contribution in [-0.4, -0.2) is 33.0 Å². The summed E-state index contributed by atoms with van der Waals surface area (Å²) in [7, 11) is 0. The van der Waals surface area contributed by atoms with Crippen molar-refractivity contribution in [1.82, 2.24) is 14.7 Å². The summed E-state index contributed by atoms with van der Waals surface area (Å²) in [5.41, 5.74) is 3.92. The van der Waals surface area contributed by atoms with Gasteiger partial charge in [0.2, 0.25) is 5.91 Å². The minimum atomic E-state index is -0.299. The molecular weight excluding hydrogens is 370 g/mol. The summed E-state index contributed by atoms with van der Waals surface area (Å²) >= 11 is 1.52. The SMILES string of the molecule is O=C(Cc1csc2nc(-c3ccccc3)cn12)N[C@@H](CO)Cc1ccccc1. The molecule has 6 heteroatoms. The van der Waals surface area contributed by atoms with Gasteiger partial charge in [-0.05, 0) is 12.0 Å². The van der Waals surface area contributed by atoms with Gasteiger partial charge >= 0.3 is 0 Å². The van der Waals surface area contributed by atoms with E-state index in [4.69, 9.17) is 0 Å². The summed E-state index contributed by atoms with van der Waals surface area (Å²) in [6, 6.07) is 19.5. The van der Waals surface area contributed by atoms with Gasteiger partial charge in [-0.2, -0.15) is 0 Å². The van der Waals surface area contributed by atoms with Gasteiger partial charge in [-0.25, -0.2) is 4.98 Å². The number of aliphatic hydroxyl groups is 1. The number of hydrogen-bond acceptors (Lipinski definition) is 4. The average molecular weight is 391 g/mol. The Balaban J connectivity index is 1.45. The highest BCUT2D eigenvalue weighted by atomic mass is 32.1. The van der Waals surface area contributed by atoms with Gasteiger partial charge < -0.3 is 10.4 Å². The van der Waals surface area contributed by atoms with Gasteiger partial charge in [0.05, 0.1) is 24.8 Å². The molecule has 4 rings (SSSR count). The lowest BCUT2D eigenvalue weighted by atomic mass is 10.1. The van der Waals surface area contributed by atoms with Gasteiger partial charge in [-0.1, -0.05) is 60.7 Å². The maximum atomic E-state index is 12.5. The van der Waals surface area contributed by atoms with Crippen LogP contribution in [0.25, 0.3) is 16.2 Å². The third kappa shape index (κ3) is 4.13. The number of rotatable bonds is 7. The predicted molar refractivity (Wildman–Crippen MR) is 111 cm³/mol. The van der Waals surface area contributed by atoms with Crippen molar-refractivity contribution >= 4 is 22.2 Å². The molecule has 28 heavy (non-hydrogen) atoms. The maximum absolute atomic E-state index is 12.5. The molecule has 2 heterocycles. The highest BCUT2D eigenvalue weighted by Crippen LogP contribution is 2.23. The zero-order valence-corrected chi connectivity index (χ0v) is 16.1. The second kappa shape index (κ2) is 8.37. The number of aliphatic hydroxyl groups excluding tert-OH is 1. The largest absolute Gasteiger partial charge is 0.394 e. The van der Waals surface area contributed by atoms with Crippen molar-refractivity contribution in [3.8, 4) is 11.3 Å². The Morgan fingerprint density at radius 2 is 1.82 bits per heavy atom. The molecule has 0 spiro atoms. The third-order valence-electron chi connectivity index (χ3n) is 4.61. The van der Waals surface area contributed by atoms with Crippen LogP contribution in [0.15, 0.2) is 72.2 Å². The molecule has 0 aliphatic carbocycles. The summed E-state index contributed by atoms with van der Waals surface area (Å²) in [5.74, 6) is -0.107. The number of aromatic nitrogens is 2. The van der Waals surface area contributed by atoms with E-state index in [1.807, 2.05) is 76.6 Å². The van der Waals surface area contributed by atoms with Crippen LogP contribution in [0.4, 0.5) is 0 Å². The molecule has 0 radical (unpaired) electrons. The van der Waals surface area contributed by atoms with Gasteiger partial charge in [0.25, 0.3) is 0 Å². The molecule has 5 nitrogen and oxygen atoms in total. The molecule has 4 aromatic rings. The van der Waals surface area contributed by atoms with Crippen molar-refractivity contribution < 1.29 is 9.90 Å². The average Bonchev–Trinajstić information content (AvgIpc) is 3.31. The van der Waals surface area contributed by atoms with Crippen LogP contribution >= 0.6 is 11.3 Å². The second-order valence-electron chi connectivity index (χ2n) is 6.69. The molecule has 0 saturated heterocycles. The van der Waals surface area contributed by atoms with Crippen LogP contribution in [0.3, 0.4) is 0 Å². The van der Waals surface area contributed by atoms with E-state index in [0.717, 1.165) is 27.5 Å². The molecule has 0 unspecified atom stereocenters. The van der Waals surface area contributed by atoms with E-state index in [1.165, 1.54) is 11.3 Å². The van der Waals surface area contributed by atoms with Crippen molar-refractivity contribution in [2.45, 2.75) is 18.9 Å². The fourth-order valence-electron chi connectivity index (χ4n) is 3.21. The normalized spacial score (nSPS) is 12.2. The summed E-state index contributed by atoms with van der Waals surface area (Å²) in [6.45, 7) is -0.0943. The standard InChI is InChI=1S/C22H21N3O2S/c26-14-18(11-16-7-3-1-4-8-16)23-21(27)12-19-15-28-22-24-20(13-25(19)22)17-9-5-2-6-10-17/h1-10,13,15,18,26H,11-12,14H2,(H,23,27)/t18-/m1/s1. The Morgan fingerprint density at radius 3 is 2.54 bits per heavy atom. The molecule has 2 aromatic carbocycles. The Labute approximate surface area is 167 Å². The summed E-state index contributed by atoms with van der Waals surface area (Å²) in [6.07, 6.45) is 2.82. The van der Waals surface area contributed by atoms with Gasteiger partial charge in [0.1, 0.15) is 0 Å². The third-order valence-corrected chi connectivity index (χ3v) is 5.49. The highest BCUT2D eigenvalue weighted by molar-refractivity contribution is 7.15.